The molecule has 2 aromatic carbocycles. The lowest BCUT2D eigenvalue weighted by Gasteiger charge is -2.02. The van der Waals surface area contributed by atoms with E-state index in [0.717, 1.165) is 11.1 Å². The molecule has 23 heavy (non-hydrogen) atoms. The molecule has 0 amide bonds. The molecule has 4 heteroatoms. The van der Waals surface area contributed by atoms with E-state index in [-0.39, 0.29) is 23.8 Å². The zero-order valence-electron chi connectivity index (χ0n) is 12.2. The third-order valence-corrected chi connectivity index (χ3v) is 3.22. The van der Waals surface area contributed by atoms with E-state index in [1.807, 2.05) is 60.7 Å². The van der Waals surface area contributed by atoms with Gasteiger partial charge in [0.15, 0.2) is 0 Å². The molecule has 1 heterocycles. The predicted molar refractivity (Wildman–Crippen MR) is 86.1 cm³/mol. The van der Waals surface area contributed by atoms with Crippen LogP contribution in [0.2, 0.25) is 0 Å². The first kappa shape index (κ1) is 14.6. The van der Waals surface area contributed by atoms with Crippen molar-refractivity contribution in [2.75, 3.05) is 0 Å². The molecule has 0 bridgehead atoms. The van der Waals surface area contributed by atoms with E-state index in [2.05, 4.69) is 16.8 Å². The topological polar surface area (TPSA) is 63.3 Å². The minimum atomic E-state index is -0.626. The van der Waals surface area contributed by atoms with Crippen molar-refractivity contribution in [3.63, 3.8) is 0 Å². The zero-order chi connectivity index (χ0) is 16.1. The van der Waals surface area contributed by atoms with Gasteiger partial charge in [-0.2, -0.15) is 4.98 Å². The van der Waals surface area contributed by atoms with Gasteiger partial charge >= 0.3 is 5.63 Å². The number of hydrogen-bond donors (Lipinski definition) is 1. The Morgan fingerprint density at radius 2 is 1.61 bits per heavy atom. The van der Waals surface area contributed by atoms with Gasteiger partial charge in [-0.25, -0.2) is 4.79 Å². The lowest BCUT2D eigenvalue weighted by atomic mass is 10.1. The fourth-order valence-corrected chi connectivity index (χ4v) is 2.08. The van der Waals surface area contributed by atoms with Crippen molar-refractivity contribution in [1.82, 2.24) is 4.98 Å². The molecule has 112 valence electrons. The van der Waals surface area contributed by atoms with Crippen molar-refractivity contribution in [3.05, 3.63) is 93.7 Å². The van der Waals surface area contributed by atoms with Gasteiger partial charge in [-0.3, -0.25) is 0 Å². The van der Waals surface area contributed by atoms with Gasteiger partial charge in [-0.05, 0) is 23.6 Å². The van der Waals surface area contributed by atoms with Gasteiger partial charge in [0, 0.05) is 12.0 Å². The number of rotatable bonds is 2. The van der Waals surface area contributed by atoms with Crippen LogP contribution in [0.5, 0.6) is 5.88 Å². The summed E-state index contributed by atoms with van der Waals surface area (Å²) in [6.45, 7) is 0. The molecule has 3 rings (SSSR count). The Kier molecular flexibility index (Phi) is 4.21. The summed E-state index contributed by atoms with van der Waals surface area (Å²) >= 11 is 0. The van der Waals surface area contributed by atoms with Crippen molar-refractivity contribution in [3.8, 4) is 17.7 Å². The van der Waals surface area contributed by atoms with E-state index < -0.39 is 5.63 Å². The highest BCUT2D eigenvalue weighted by Gasteiger charge is 2.12. The highest BCUT2D eigenvalue weighted by atomic mass is 16.4. The first-order valence-corrected chi connectivity index (χ1v) is 7.06. The van der Waals surface area contributed by atoms with Crippen LogP contribution in [0, 0.1) is 11.8 Å². The maximum atomic E-state index is 12.0. The standard InChI is InChI=1S/C19H13NO3/c21-18-16(13-15-9-5-2-6-10-15)19(22)23-17(20-18)12-11-14-7-3-1-4-8-14/h1-10,21H,13H2. The van der Waals surface area contributed by atoms with Crippen molar-refractivity contribution >= 4 is 0 Å². The second-order valence-corrected chi connectivity index (χ2v) is 4.89. The molecule has 0 aliphatic rings. The first-order chi connectivity index (χ1) is 11.2. The molecule has 4 nitrogen and oxygen atoms in total. The Morgan fingerprint density at radius 1 is 0.957 bits per heavy atom. The summed E-state index contributed by atoms with van der Waals surface area (Å²) in [5, 5.41) is 9.99. The Balaban J connectivity index is 1.89. The van der Waals surface area contributed by atoms with Crippen LogP contribution in [-0.4, -0.2) is 10.1 Å². The maximum absolute atomic E-state index is 12.0. The summed E-state index contributed by atoms with van der Waals surface area (Å²) in [7, 11) is 0. The van der Waals surface area contributed by atoms with Crippen molar-refractivity contribution in [2.45, 2.75) is 6.42 Å². The van der Waals surface area contributed by atoms with Crippen LogP contribution in [0.15, 0.2) is 69.9 Å². The second kappa shape index (κ2) is 6.63. The third kappa shape index (κ3) is 3.66. The third-order valence-electron chi connectivity index (χ3n) is 3.22. The van der Waals surface area contributed by atoms with Gasteiger partial charge in [-0.1, -0.05) is 54.5 Å². The summed E-state index contributed by atoms with van der Waals surface area (Å²) in [5.74, 6) is 5.03. The molecule has 0 radical (unpaired) electrons. The van der Waals surface area contributed by atoms with Gasteiger partial charge in [0.1, 0.15) is 5.56 Å². The Morgan fingerprint density at radius 3 is 2.26 bits per heavy atom. The van der Waals surface area contributed by atoms with Gasteiger partial charge in [-0.15, -0.1) is 0 Å². The molecule has 0 aliphatic heterocycles. The van der Waals surface area contributed by atoms with Crippen LogP contribution in [0.4, 0.5) is 0 Å². The molecule has 0 atom stereocenters. The zero-order valence-corrected chi connectivity index (χ0v) is 12.2. The molecule has 0 fully saturated rings. The van der Waals surface area contributed by atoms with Crippen LogP contribution >= 0.6 is 0 Å². The minimum absolute atomic E-state index is 0.104. The fraction of sp³-hybridized carbons (Fsp3) is 0.0526. The molecule has 0 aliphatic carbocycles. The molecule has 0 saturated heterocycles. The number of nitrogens with zero attached hydrogens (tertiary/aromatic N) is 1. The van der Waals surface area contributed by atoms with E-state index in [0.29, 0.717) is 0 Å². The first-order valence-electron chi connectivity index (χ1n) is 7.06. The monoisotopic (exact) mass is 303 g/mol. The van der Waals surface area contributed by atoms with Crippen molar-refractivity contribution in [2.24, 2.45) is 0 Å². The van der Waals surface area contributed by atoms with Gasteiger partial charge in [0.05, 0.1) is 0 Å². The van der Waals surface area contributed by atoms with E-state index in [9.17, 15) is 9.90 Å². The average Bonchev–Trinajstić information content (AvgIpc) is 2.58. The summed E-state index contributed by atoms with van der Waals surface area (Å²) < 4.78 is 5.08. The summed E-state index contributed by atoms with van der Waals surface area (Å²) in [6.07, 6.45) is 0.258. The maximum Gasteiger partial charge on any atom is 0.347 e. The van der Waals surface area contributed by atoms with Gasteiger partial charge < -0.3 is 9.52 Å². The smallest absolute Gasteiger partial charge is 0.347 e. The molecular weight excluding hydrogens is 290 g/mol. The highest BCUT2D eigenvalue weighted by Crippen LogP contribution is 2.14. The SMILES string of the molecule is O=c1oc(C#Cc2ccccc2)nc(O)c1Cc1ccccc1. The van der Waals surface area contributed by atoms with Crippen LogP contribution in [-0.2, 0) is 6.42 Å². The summed E-state index contributed by atoms with van der Waals surface area (Å²) in [4.78, 5) is 15.9. The summed E-state index contributed by atoms with van der Waals surface area (Å²) in [6, 6.07) is 18.6. The Bertz CT molecular complexity index is 920. The molecule has 0 spiro atoms. The highest BCUT2D eigenvalue weighted by molar-refractivity contribution is 5.38. The van der Waals surface area contributed by atoms with E-state index in [1.165, 1.54) is 0 Å². The number of aromatic nitrogens is 1. The van der Waals surface area contributed by atoms with Crippen molar-refractivity contribution in [1.29, 1.82) is 0 Å². The largest absolute Gasteiger partial charge is 0.493 e. The van der Waals surface area contributed by atoms with Crippen LogP contribution in [0.3, 0.4) is 0 Å². The molecule has 1 N–H and O–H groups in total. The Labute approximate surface area is 133 Å². The van der Waals surface area contributed by atoms with Crippen LogP contribution in [0.1, 0.15) is 22.6 Å². The normalized spacial score (nSPS) is 9.91. The van der Waals surface area contributed by atoms with Gasteiger partial charge in [0.2, 0.25) is 5.88 Å². The van der Waals surface area contributed by atoms with Crippen molar-refractivity contribution < 1.29 is 9.52 Å². The minimum Gasteiger partial charge on any atom is -0.493 e. The molecule has 0 unspecified atom stereocenters. The lowest BCUT2D eigenvalue weighted by Crippen LogP contribution is -2.11. The average molecular weight is 303 g/mol. The molecule has 1 aromatic heterocycles. The van der Waals surface area contributed by atoms with Gasteiger partial charge in [0.25, 0.3) is 5.89 Å². The lowest BCUT2D eigenvalue weighted by molar-refractivity contribution is 0.398. The molecule has 3 aromatic rings. The summed E-state index contributed by atoms with van der Waals surface area (Å²) in [5.41, 5.74) is 1.16. The van der Waals surface area contributed by atoms with E-state index >= 15 is 0 Å². The number of aromatic hydroxyl groups is 1. The molecule has 0 saturated carbocycles. The van der Waals surface area contributed by atoms with Crippen LogP contribution in [0.25, 0.3) is 0 Å². The fourth-order valence-electron chi connectivity index (χ4n) is 2.08. The second-order valence-electron chi connectivity index (χ2n) is 4.89. The Hall–Kier alpha value is -3.32. The van der Waals surface area contributed by atoms with E-state index in [4.69, 9.17) is 4.42 Å². The predicted octanol–water partition coefficient (Wildman–Crippen LogP) is 2.73. The number of hydrogen-bond acceptors (Lipinski definition) is 4. The van der Waals surface area contributed by atoms with E-state index in [1.54, 1.807) is 0 Å². The van der Waals surface area contributed by atoms with Crippen LogP contribution < -0.4 is 5.63 Å². The number of benzene rings is 2. The molecular formula is C19H13NO3. The quantitative estimate of drug-likeness (QED) is 0.739.